The number of nitrogens with one attached hydrogen (secondary N) is 1. The molecule has 4 rings (SSSR count). The Balaban J connectivity index is 0.000000176. The third-order valence-electron chi connectivity index (χ3n) is 5.73. The number of nitrogens with zero attached hydrogens (tertiary/aromatic N) is 1. The second-order valence-electron chi connectivity index (χ2n) is 9.19. The van der Waals surface area contributed by atoms with E-state index in [0.29, 0.717) is 6.42 Å². The zero-order valence-electron chi connectivity index (χ0n) is 19.5. The molecule has 0 bridgehead atoms. The lowest BCUT2D eigenvalue weighted by molar-refractivity contribution is -0.141. The number of H-pyrrole nitrogens is 1. The summed E-state index contributed by atoms with van der Waals surface area (Å²) in [6, 6.07) is 12.9. The number of carboxylic acid groups (broad SMARTS) is 1. The van der Waals surface area contributed by atoms with Crippen LogP contribution >= 0.6 is 0 Å². The number of aliphatic carboxylic acids is 1. The van der Waals surface area contributed by atoms with Crippen LogP contribution in [0.1, 0.15) is 43.0 Å². The van der Waals surface area contributed by atoms with Crippen molar-refractivity contribution >= 4 is 27.8 Å². The molecule has 0 aliphatic heterocycles. The van der Waals surface area contributed by atoms with E-state index in [1.807, 2.05) is 25.3 Å². The fourth-order valence-corrected chi connectivity index (χ4v) is 4.07. The molecule has 31 heavy (non-hydrogen) atoms. The molecule has 0 saturated heterocycles. The third-order valence-corrected chi connectivity index (χ3v) is 5.73. The van der Waals surface area contributed by atoms with E-state index in [0.717, 1.165) is 22.4 Å². The number of benzene rings is 2. The molecule has 0 spiro atoms. The number of carboxylic acids is 1. The second kappa shape index (κ2) is 9.42. The number of aromatic amines is 1. The van der Waals surface area contributed by atoms with Gasteiger partial charge in [-0.25, -0.2) is 0 Å². The van der Waals surface area contributed by atoms with Gasteiger partial charge in [0.05, 0.1) is 5.92 Å². The summed E-state index contributed by atoms with van der Waals surface area (Å²) in [5, 5.41) is 11.5. The zero-order valence-corrected chi connectivity index (χ0v) is 19.5. The number of hydrogen-bond donors (Lipinski definition) is 2. The molecule has 0 amide bonds. The van der Waals surface area contributed by atoms with Gasteiger partial charge in [0.1, 0.15) is 0 Å². The van der Waals surface area contributed by atoms with Gasteiger partial charge < -0.3 is 14.7 Å². The van der Waals surface area contributed by atoms with E-state index in [2.05, 4.69) is 67.8 Å². The lowest BCUT2D eigenvalue weighted by Gasteiger charge is -2.04. The predicted molar refractivity (Wildman–Crippen MR) is 130 cm³/mol. The molecular weight excluding hydrogens is 384 g/mol. The first-order valence-corrected chi connectivity index (χ1v) is 11.0. The topological polar surface area (TPSA) is 58.0 Å². The van der Waals surface area contributed by atoms with Crippen LogP contribution in [0, 0.1) is 25.7 Å². The molecule has 4 nitrogen and oxygen atoms in total. The zero-order chi connectivity index (χ0) is 22.7. The van der Waals surface area contributed by atoms with Crippen LogP contribution in [0.3, 0.4) is 0 Å². The van der Waals surface area contributed by atoms with Crippen molar-refractivity contribution in [2.45, 2.75) is 47.5 Å². The Labute approximate surface area is 184 Å². The Morgan fingerprint density at radius 1 is 0.968 bits per heavy atom. The molecule has 0 aliphatic rings. The van der Waals surface area contributed by atoms with Gasteiger partial charge in [0.25, 0.3) is 0 Å². The minimum Gasteiger partial charge on any atom is -0.481 e. The summed E-state index contributed by atoms with van der Waals surface area (Å²) in [7, 11) is 2.13. The number of fused-ring (bicyclic) bond motifs is 2. The summed E-state index contributed by atoms with van der Waals surface area (Å²) in [6.07, 6.45) is 5.91. The Bertz CT molecular complexity index is 1200. The molecular formula is C27H34N2O2. The van der Waals surface area contributed by atoms with Crippen molar-refractivity contribution in [3.63, 3.8) is 0 Å². The average Bonchev–Trinajstić information content (AvgIpc) is 3.22. The first kappa shape index (κ1) is 22.7. The highest BCUT2D eigenvalue weighted by atomic mass is 16.4. The number of hydrogen-bond acceptors (Lipinski definition) is 1. The summed E-state index contributed by atoms with van der Waals surface area (Å²) in [5.41, 5.74) is 7.50. The Kier molecular flexibility index (Phi) is 6.89. The molecule has 0 saturated carbocycles. The highest BCUT2D eigenvalue weighted by Gasteiger charge is 2.14. The molecule has 1 atom stereocenters. The van der Waals surface area contributed by atoms with Crippen molar-refractivity contribution < 1.29 is 9.90 Å². The lowest BCUT2D eigenvalue weighted by Crippen LogP contribution is -2.11. The smallest absolute Gasteiger partial charge is 0.306 e. The van der Waals surface area contributed by atoms with Crippen LogP contribution in [0.4, 0.5) is 0 Å². The summed E-state index contributed by atoms with van der Waals surface area (Å²) in [4.78, 5) is 14.0. The SMILES string of the molecule is Cc1ccc2[nH]cc(C[C@H](C)C(=O)O)c2c1.Cc1ccc2c(c1)c(CC(C)C)cn2C. The van der Waals surface area contributed by atoms with E-state index in [-0.39, 0.29) is 5.92 Å². The van der Waals surface area contributed by atoms with Crippen molar-refractivity contribution in [2.75, 3.05) is 0 Å². The van der Waals surface area contributed by atoms with Gasteiger partial charge in [-0.2, -0.15) is 0 Å². The van der Waals surface area contributed by atoms with Crippen LogP contribution in [0.5, 0.6) is 0 Å². The highest BCUT2D eigenvalue weighted by Crippen LogP contribution is 2.24. The molecule has 0 radical (unpaired) electrons. The monoisotopic (exact) mass is 418 g/mol. The lowest BCUT2D eigenvalue weighted by atomic mass is 10.00. The van der Waals surface area contributed by atoms with Gasteiger partial charge in [-0.1, -0.05) is 44.0 Å². The van der Waals surface area contributed by atoms with Crippen molar-refractivity contribution in [1.29, 1.82) is 0 Å². The predicted octanol–water partition coefficient (Wildman–Crippen LogP) is 6.42. The van der Waals surface area contributed by atoms with E-state index in [9.17, 15) is 4.79 Å². The second-order valence-corrected chi connectivity index (χ2v) is 9.19. The quantitative estimate of drug-likeness (QED) is 0.393. The normalized spacial score (nSPS) is 12.2. The Hall–Kier alpha value is -3.01. The van der Waals surface area contributed by atoms with Crippen LogP contribution < -0.4 is 0 Å². The molecule has 2 aromatic carbocycles. The van der Waals surface area contributed by atoms with E-state index >= 15 is 0 Å². The van der Waals surface area contributed by atoms with Crippen molar-refractivity contribution in [1.82, 2.24) is 9.55 Å². The standard InChI is InChI=1S/C14H19N.C13H15NO2/c1-10(2)7-12-9-15(4)14-6-5-11(3)8-13(12)14;1-8-3-4-12-11(5-8)10(7-14-12)6-9(2)13(15)16/h5-6,8-10H,7H2,1-4H3;3-5,7,9,14H,6H2,1-2H3,(H,15,16)/t;9-/m.0/s1. The Morgan fingerprint density at radius 2 is 1.61 bits per heavy atom. The van der Waals surface area contributed by atoms with Crippen LogP contribution in [0.2, 0.25) is 0 Å². The van der Waals surface area contributed by atoms with Gasteiger partial charge >= 0.3 is 5.97 Å². The van der Waals surface area contributed by atoms with Gasteiger partial charge in [-0.05, 0) is 68.0 Å². The van der Waals surface area contributed by atoms with E-state index in [4.69, 9.17) is 5.11 Å². The molecule has 164 valence electrons. The van der Waals surface area contributed by atoms with Crippen LogP contribution in [-0.2, 0) is 24.7 Å². The fraction of sp³-hybridized carbons (Fsp3) is 0.370. The maximum Gasteiger partial charge on any atom is 0.306 e. The molecule has 2 aromatic heterocycles. The van der Waals surface area contributed by atoms with Gasteiger partial charge in [0, 0.05) is 41.2 Å². The Morgan fingerprint density at radius 3 is 2.26 bits per heavy atom. The van der Waals surface area contributed by atoms with Gasteiger partial charge in [-0.15, -0.1) is 0 Å². The first-order chi connectivity index (χ1) is 14.7. The number of carbonyl (C=O) groups is 1. The van der Waals surface area contributed by atoms with E-state index in [1.165, 1.54) is 34.0 Å². The minimum atomic E-state index is -0.748. The van der Waals surface area contributed by atoms with Crippen LogP contribution in [0.25, 0.3) is 21.8 Å². The molecule has 4 heteroatoms. The fourth-order valence-electron chi connectivity index (χ4n) is 4.07. The van der Waals surface area contributed by atoms with Crippen LogP contribution in [-0.4, -0.2) is 20.6 Å². The summed E-state index contributed by atoms with van der Waals surface area (Å²) in [6.45, 7) is 10.5. The number of aromatic nitrogens is 2. The maximum atomic E-state index is 10.8. The molecule has 2 heterocycles. The van der Waals surface area contributed by atoms with Crippen molar-refractivity contribution in [3.8, 4) is 0 Å². The van der Waals surface area contributed by atoms with Gasteiger partial charge in [-0.3, -0.25) is 4.79 Å². The first-order valence-electron chi connectivity index (χ1n) is 11.0. The highest BCUT2D eigenvalue weighted by molar-refractivity contribution is 5.85. The van der Waals surface area contributed by atoms with Crippen molar-refractivity contribution in [3.05, 3.63) is 71.0 Å². The number of aryl methyl sites for hydroxylation is 3. The summed E-state index contributed by atoms with van der Waals surface area (Å²) < 4.78 is 2.23. The van der Waals surface area contributed by atoms with Crippen molar-refractivity contribution in [2.24, 2.45) is 18.9 Å². The number of rotatable bonds is 5. The molecule has 2 N–H and O–H groups in total. The maximum absolute atomic E-state index is 10.8. The van der Waals surface area contributed by atoms with Crippen LogP contribution in [0.15, 0.2) is 48.8 Å². The molecule has 4 aromatic rings. The van der Waals surface area contributed by atoms with Gasteiger partial charge in [0.15, 0.2) is 0 Å². The van der Waals surface area contributed by atoms with Gasteiger partial charge in [0.2, 0.25) is 0 Å². The molecule has 0 fully saturated rings. The van der Waals surface area contributed by atoms with E-state index in [1.54, 1.807) is 6.92 Å². The summed E-state index contributed by atoms with van der Waals surface area (Å²) >= 11 is 0. The third kappa shape index (κ3) is 5.38. The molecule has 0 aliphatic carbocycles. The largest absolute Gasteiger partial charge is 0.481 e. The minimum absolute atomic E-state index is 0.348. The molecule has 0 unspecified atom stereocenters. The average molecular weight is 419 g/mol. The summed E-state index contributed by atoms with van der Waals surface area (Å²) in [5.74, 6) is -0.377. The van der Waals surface area contributed by atoms with E-state index < -0.39 is 5.97 Å².